The van der Waals surface area contributed by atoms with Crippen LogP contribution in [0.1, 0.15) is 11.1 Å². The molecule has 1 aromatic heterocycles. The molecule has 1 heterocycles. The summed E-state index contributed by atoms with van der Waals surface area (Å²) >= 11 is 0. The van der Waals surface area contributed by atoms with E-state index >= 15 is 0 Å². The summed E-state index contributed by atoms with van der Waals surface area (Å²) in [6.07, 6.45) is -1.57. The zero-order valence-corrected chi connectivity index (χ0v) is 14.9. The summed E-state index contributed by atoms with van der Waals surface area (Å²) in [5, 5.41) is 4.38. The number of halogens is 3. The highest BCUT2D eigenvalue weighted by molar-refractivity contribution is 5.89. The molecule has 3 aromatic rings. The van der Waals surface area contributed by atoms with Crippen molar-refractivity contribution in [3.63, 3.8) is 0 Å². The Bertz CT molecular complexity index is 890. The predicted octanol–water partition coefficient (Wildman–Crippen LogP) is 4.45. The third-order valence-electron chi connectivity index (χ3n) is 4.17. The molecular formula is C20H21F3N2O2. The first kappa shape index (κ1) is 19.1. The van der Waals surface area contributed by atoms with Crippen LogP contribution in [-0.4, -0.2) is 31.4 Å². The van der Waals surface area contributed by atoms with E-state index in [-0.39, 0.29) is 5.75 Å². The highest BCUT2D eigenvalue weighted by Crippen LogP contribution is 2.28. The number of benzene rings is 2. The Morgan fingerprint density at radius 2 is 1.93 bits per heavy atom. The van der Waals surface area contributed by atoms with Gasteiger partial charge in [-0.15, -0.1) is 0 Å². The second-order valence-corrected chi connectivity index (χ2v) is 6.17. The van der Waals surface area contributed by atoms with Gasteiger partial charge in [-0.3, -0.25) is 0 Å². The van der Waals surface area contributed by atoms with Crippen molar-refractivity contribution in [1.29, 1.82) is 0 Å². The second-order valence-electron chi connectivity index (χ2n) is 6.17. The standard InChI is InChI=1S/C20H21F3N2O2/c1-26-18-7-3-6-17-19(18)15(12-25-17)8-9-24-11-14-4-2-5-16(10-14)27-13-20(21,22)23/h2-7,10,12,24-25H,8-9,11,13H2,1H3. The maximum absolute atomic E-state index is 12.2. The lowest BCUT2D eigenvalue weighted by atomic mass is 10.1. The number of H-pyrrole nitrogens is 1. The molecule has 0 radical (unpaired) electrons. The lowest BCUT2D eigenvalue weighted by molar-refractivity contribution is -0.153. The fraction of sp³-hybridized carbons (Fsp3) is 0.300. The lowest BCUT2D eigenvalue weighted by Crippen LogP contribution is -2.19. The van der Waals surface area contributed by atoms with Crippen LogP contribution >= 0.6 is 0 Å². The zero-order valence-electron chi connectivity index (χ0n) is 14.9. The minimum Gasteiger partial charge on any atom is -0.496 e. The third kappa shape index (κ3) is 5.17. The molecule has 0 fully saturated rings. The summed E-state index contributed by atoms with van der Waals surface area (Å²) in [4.78, 5) is 3.24. The number of alkyl halides is 3. The molecule has 2 aromatic carbocycles. The molecule has 27 heavy (non-hydrogen) atoms. The van der Waals surface area contributed by atoms with Crippen molar-refractivity contribution in [2.24, 2.45) is 0 Å². The molecule has 0 unspecified atom stereocenters. The summed E-state index contributed by atoms with van der Waals surface area (Å²) in [6, 6.07) is 12.5. The minimum atomic E-state index is -4.34. The van der Waals surface area contributed by atoms with Gasteiger partial charge in [-0.1, -0.05) is 18.2 Å². The smallest absolute Gasteiger partial charge is 0.422 e. The molecule has 0 amide bonds. The number of aromatic amines is 1. The Hall–Kier alpha value is -2.67. The van der Waals surface area contributed by atoms with Gasteiger partial charge in [0.15, 0.2) is 6.61 Å². The van der Waals surface area contributed by atoms with E-state index in [1.807, 2.05) is 30.5 Å². The summed E-state index contributed by atoms with van der Waals surface area (Å²) in [5.41, 5.74) is 3.04. The molecule has 0 bridgehead atoms. The summed E-state index contributed by atoms with van der Waals surface area (Å²) in [6.45, 7) is -0.0202. The van der Waals surface area contributed by atoms with Crippen LogP contribution in [0.25, 0.3) is 10.9 Å². The Labute approximate surface area is 155 Å². The van der Waals surface area contributed by atoms with Crippen LogP contribution in [0.2, 0.25) is 0 Å². The largest absolute Gasteiger partial charge is 0.496 e. The van der Waals surface area contributed by atoms with Crippen molar-refractivity contribution in [1.82, 2.24) is 10.3 Å². The molecule has 0 aliphatic carbocycles. The Morgan fingerprint density at radius 1 is 1.11 bits per heavy atom. The second kappa shape index (κ2) is 8.35. The van der Waals surface area contributed by atoms with E-state index in [2.05, 4.69) is 10.3 Å². The van der Waals surface area contributed by atoms with Crippen molar-refractivity contribution in [2.45, 2.75) is 19.1 Å². The molecule has 0 aliphatic rings. The quantitative estimate of drug-likeness (QED) is 0.570. The Morgan fingerprint density at radius 3 is 2.70 bits per heavy atom. The lowest BCUT2D eigenvalue weighted by Gasteiger charge is -2.11. The van der Waals surface area contributed by atoms with Gasteiger partial charge in [0.2, 0.25) is 0 Å². The van der Waals surface area contributed by atoms with E-state index in [0.29, 0.717) is 6.54 Å². The molecule has 3 rings (SSSR count). The maximum atomic E-state index is 12.2. The van der Waals surface area contributed by atoms with Gasteiger partial charge >= 0.3 is 6.18 Å². The topological polar surface area (TPSA) is 46.3 Å². The SMILES string of the molecule is COc1cccc2[nH]cc(CCNCc3cccc(OCC(F)(F)F)c3)c12. The van der Waals surface area contributed by atoms with E-state index < -0.39 is 12.8 Å². The van der Waals surface area contributed by atoms with Crippen molar-refractivity contribution >= 4 is 10.9 Å². The van der Waals surface area contributed by atoms with Gasteiger partial charge in [-0.25, -0.2) is 0 Å². The first-order valence-corrected chi connectivity index (χ1v) is 8.58. The van der Waals surface area contributed by atoms with Gasteiger partial charge < -0.3 is 19.8 Å². The van der Waals surface area contributed by atoms with Gasteiger partial charge in [0, 0.05) is 23.6 Å². The maximum Gasteiger partial charge on any atom is 0.422 e. The molecule has 144 valence electrons. The number of fused-ring (bicyclic) bond motifs is 1. The van der Waals surface area contributed by atoms with Crippen LogP contribution in [0, 0.1) is 0 Å². The van der Waals surface area contributed by atoms with E-state index in [4.69, 9.17) is 9.47 Å². The zero-order chi connectivity index (χ0) is 19.3. The summed E-state index contributed by atoms with van der Waals surface area (Å²) < 4.78 is 46.9. The van der Waals surface area contributed by atoms with Crippen molar-refractivity contribution in [3.05, 3.63) is 59.8 Å². The van der Waals surface area contributed by atoms with Crippen molar-refractivity contribution in [3.8, 4) is 11.5 Å². The normalized spacial score (nSPS) is 11.7. The van der Waals surface area contributed by atoms with E-state index in [1.165, 1.54) is 6.07 Å². The molecule has 0 aliphatic heterocycles. The number of ether oxygens (including phenoxy) is 2. The molecule has 0 saturated heterocycles. The van der Waals surface area contributed by atoms with Gasteiger partial charge in [-0.05, 0) is 48.4 Å². The van der Waals surface area contributed by atoms with E-state index in [1.54, 1.807) is 19.2 Å². The number of methoxy groups -OCH3 is 1. The first-order valence-electron chi connectivity index (χ1n) is 8.58. The predicted molar refractivity (Wildman–Crippen MR) is 98.3 cm³/mol. The average molecular weight is 378 g/mol. The molecule has 0 atom stereocenters. The average Bonchev–Trinajstić information content (AvgIpc) is 3.07. The molecule has 0 spiro atoms. The molecule has 4 nitrogen and oxygen atoms in total. The van der Waals surface area contributed by atoms with E-state index in [0.717, 1.165) is 40.7 Å². The first-order chi connectivity index (χ1) is 13.0. The van der Waals surface area contributed by atoms with Crippen molar-refractivity contribution in [2.75, 3.05) is 20.3 Å². The van der Waals surface area contributed by atoms with E-state index in [9.17, 15) is 13.2 Å². The van der Waals surface area contributed by atoms with Gasteiger partial charge in [0.1, 0.15) is 11.5 Å². The van der Waals surface area contributed by atoms with Crippen LogP contribution in [0.15, 0.2) is 48.7 Å². The number of nitrogens with one attached hydrogen (secondary N) is 2. The summed E-state index contributed by atoms with van der Waals surface area (Å²) in [5.74, 6) is 1.05. The Balaban J connectivity index is 1.54. The van der Waals surface area contributed by atoms with Crippen LogP contribution < -0.4 is 14.8 Å². The number of rotatable bonds is 8. The van der Waals surface area contributed by atoms with Gasteiger partial charge in [0.25, 0.3) is 0 Å². The highest BCUT2D eigenvalue weighted by atomic mass is 19.4. The number of hydrogen-bond donors (Lipinski definition) is 2. The third-order valence-corrected chi connectivity index (χ3v) is 4.17. The molecule has 7 heteroatoms. The van der Waals surface area contributed by atoms with Crippen LogP contribution in [0.5, 0.6) is 11.5 Å². The fourth-order valence-electron chi connectivity index (χ4n) is 2.95. The van der Waals surface area contributed by atoms with Crippen LogP contribution in [0.4, 0.5) is 13.2 Å². The van der Waals surface area contributed by atoms with Crippen molar-refractivity contribution < 1.29 is 22.6 Å². The summed E-state index contributed by atoms with van der Waals surface area (Å²) in [7, 11) is 1.65. The highest BCUT2D eigenvalue weighted by Gasteiger charge is 2.28. The molecular weight excluding hydrogens is 357 g/mol. The van der Waals surface area contributed by atoms with Gasteiger partial charge in [0.05, 0.1) is 7.11 Å². The monoisotopic (exact) mass is 378 g/mol. The number of hydrogen-bond acceptors (Lipinski definition) is 3. The number of aromatic nitrogens is 1. The minimum absolute atomic E-state index is 0.216. The molecule has 2 N–H and O–H groups in total. The van der Waals surface area contributed by atoms with Crippen LogP contribution in [0.3, 0.4) is 0 Å². The molecule has 0 saturated carbocycles. The van der Waals surface area contributed by atoms with Gasteiger partial charge in [-0.2, -0.15) is 13.2 Å². The van der Waals surface area contributed by atoms with Crippen LogP contribution in [-0.2, 0) is 13.0 Å². The Kier molecular flexibility index (Phi) is 5.91. The fourth-order valence-corrected chi connectivity index (χ4v) is 2.95.